The van der Waals surface area contributed by atoms with Crippen molar-refractivity contribution >= 4 is 22.1 Å². The van der Waals surface area contributed by atoms with E-state index in [1.165, 1.54) is 0 Å². The second-order valence-corrected chi connectivity index (χ2v) is 16.4. The molecule has 0 saturated heterocycles. The van der Waals surface area contributed by atoms with E-state index in [9.17, 15) is 0 Å². The molecular formula is C60H38N6O. The van der Waals surface area contributed by atoms with E-state index in [4.69, 9.17) is 24.4 Å². The summed E-state index contributed by atoms with van der Waals surface area (Å²) >= 11 is 0. The van der Waals surface area contributed by atoms with Gasteiger partial charge in [0.25, 0.3) is 0 Å². The number of furan rings is 1. The summed E-state index contributed by atoms with van der Waals surface area (Å²) in [5, 5.41) is 0.932. The van der Waals surface area contributed by atoms with Crippen molar-refractivity contribution in [1.29, 1.82) is 0 Å². The Kier molecular flexibility index (Phi) is 10.0. The highest BCUT2D eigenvalue weighted by molar-refractivity contribution is 6.07. The molecule has 7 nitrogen and oxygen atoms in total. The van der Waals surface area contributed by atoms with Gasteiger partial charge in [-0.3, -0.25) is 9.97 Å². The van der Waals surface area contributed by atoms with Gasteiger partial charge in [-0.1, -0.05) is 158 Å². The van der Waals surface area contributed by atoms with Crippen molar-refractivity contribution in [2.45, 2.75) is 0 Å². The third kappa shape index (κ3) is 7.81. The van der Waals surface area contributed by atoms with E-state index in [1.807, 2.05) is 54.9 Å². The zero-order valence-electron chi connectivity index (χ0n) is 36.0. The van der Waals surface area contributed by atoms with Crippen LogP contribution in [0.25, 0.3) is 123 Å². The van der Waals surface area contributed by atoms with Crippen LogP contribution in [-0.4, -0.2) is 29.9 Å². The third-order valence-electron chi connectivity index (χ3n) is 12.1. The number of pyridine rings is 2. The Balaban J connectivity index is 0.967. The van der Waals surface area contributed by atoms with Crippen LogP contribution in [0, 0.1) is 0 Å². The maximum atomic E-state index is 6.60. The van der Waals surface area contributed by atoms with Crippen LogP contribution in [0.5, 0.6) is 0 Å². The fraction of sp³-hybridized carbons (Fsp3) is 0. The predicted octanol–water partition coefficient (Wildman–Crippen LogP) is 15.0. The van der Waals surface area contributed by atoms with Crippen molar-refractivity contribution in [3.8, 4) is 101 Å². The average molecular weight is 859 g/mol. The first kappa shape index (κ1) is 39.4. The van der Waals surface area contributed by atoms with Gasteiger partial charge in [0.2, 0.25) is 0 Å². The lowest BCUT2D eigenvalue weighted by atomic mass is 9.94. The van der Waals surface area contributed by atoms with Crippen LogP contribution in [0.4, 0.5) is 0 Å². The van der Waals surface area contributed by atoms with Crippen molar-refractivity contribution in [3.05, 3.63) is 231 Å². The quantitative estimate of drug-likeness (QED) is 0.143. The van der Waals surface area contributed by atoms with Gasteiger partial charge in [-0.15, -0.1) is 0 Å². The van der Waals surface area contributed by atoms with Gasteiger partial charge in [0, 0.05) is 58.0 Å². The molecule has 0 bridgehead atoms. The largest absolute Gasteiger partial charge is 0.452 e. The van der Waals surface area contributed by atoms with Crippen LogP contribution in [0.3, 0.4) is 0 Å². The molecule has 0 fully saturated rings. The normalized spacial score (nSPS) is 11.3. The van der Waals surface area contributed by atoms with Crippen molar-refractivity contribution in [3.63, 3.8) is 0 Å². The number of hydrogen-bond acceptors (Lipinski definition) is 7. The molecule has 7 aromatic carbocycles. The van der Waals surface area contributed by atoms with Gasteiger partial charge < -0.3 is 4.42 Å². The minimum absolute atomic E-state index is 0.588. The molecule has 12 rings (SSSR count). The number of aromatic nitrogens is 6. The zero-order chi connectivity index (χ0) is 44.5. The minimum Gasteiger partial charge on any atom is -0.452 e. The lowest BCUT2D eigenvalue weighted by molar-refractivity contribution is 0.667. The number of para-hydroxylation sites is 1. The summed E-state index contributed by atoms with van der Waals surface area (Å²) < 4.78 is 6.60. The molecule has 0 aliphatic rings. The fourth-order valence-corrected chi connectivity index (χ4v) is 8.65. The molecular weight excluding hydrogens is 821 g/mol. The standard InChI is InChI=1S/C60H38N6O/c1-3-11-39(12-4-1)49-33-50(40-13-5-2-6-14-40)35-51(34-49)56-58-57(52-17-7-8-18-55(52)67-58)66-60(65-56)46-29-27-45(28-30-46)59-63-53(43-23-19-41(20-24-43)47-15-9-31-61-37-47)36-54(64-59)44-25-21-42(22-26-44)48-16-10-32-62-38-48/h1-38H. The van der Waals surface area contributed by atoms with Gasteiger partial charge in [0.15, 0.2) is 17.2 Å². The smallest absolute Gasteiger partial charge is 0.180 e. The minimum atomic E-state index is 0.588. The maximum absolute atomic E-state index is 6.60. The van der Waals surface area contributed by atoms with Crippen LogP contribution in [-0.2, 0) is 0 Å². The summed E-state index contributed by atoms with van der Waals surface area (Å²) in [6, 6.07) is 70.8. The highest BCUT2D eigenvalue weighted by Crippen LogP contribution is 2.39. The lowest BCUT2D eigenvalue weighted by Crippen LogP contribution is -1.97. The molecule has 0 radical (unpaired) electrons. The Morgan fingerprint density at radius 3 is 1.25 bits per heavy atom. The third-order valence-corrected chi connectivity index (χ3v) is 12.1. The summed E-state index contributed by atoms with van der Waals surface area (Å²) in [7, 11) is 0. The van der Waals surface area contributed by atoms with Crippen LogP contribution in [0.2, 0.25) is 0 Å². The fourth-order valence-electron chi connectivity index (χ4n) is 8.65. The van der Waals surface area contributed by atoms with Gasteiger partial charge in [-0.25, -0.2) is 19.9 Å². The number of rotatable bonds is 9. The summed E-state index contributed by atoms with van der Waals surface area (Å²) in [6.07, 6.45) is 7.33. The van der Waals surface area contributed by atoms with Crippen LogP contribution < -0.4 is 0 Å². The van der Waals surface area contributed by atoms with Crippen LogP contribution >= 0.6 is 0 Å². The highest BCUT2D eigenvalue weighted by atomic mass is 16.3. The molecule has 67 heavy (non-hydrogen) atoms. The topological polar surface area (TPSA) is 90.5 Å². The molecule has 0 saturated carbocycles. The van der Waals surface area contributed by atoms with Gasteiger partial charge in [0.1, 0.15) is 16.8 Å². The molecule has 5 heterocycles. The van der Waals surface area contributed by atoms with Gasteiger partial charge in [0.05, 0.1) is 11.4 Å². The first-order valence-electron chi connectivity index (χ1n) is 22.1. The van der Waals surface area contributed by atoms with Crippen LogP contribution in [0.15, 0.2) is 235 Å². The first-order chi connectivity index (χ1) is 33.2. The molecule has 0 amide bonds. The Hall–Kier alpha value is -9.20. The Bertz CT molecular complexity index is 3530. The van der Waals surface area contributed by atoms with Crippen molar-refractivity contribution in [2.75, 3.05) is 0 Å². The molecule has 0 N–H and O–H groups in total. The second kappa shape index (κ2) is 17.1. The van der Waals surface area contributed by atoms with E-state index < -0.39 is 0 Å². The molecule has 0 spiro atoms. The van der Waals surface area contributed by atoms with E-state index in [-0.39, 0.29) is 0 Å². The summed E-state index contributed by atoms with van der Waals surface area (Å²) in [5.41, 5.74) is 17.8. The predicted molar refractivity (Wildman–Crippen MR) is 269 cm³/mol. The summed E-state index contributed by atoms with van der Waals surface area (Å²) in [6.45, 7) is 0. The Morgan fingerprint density at radius 1 is 0.299 bits per heavy atom. The first-order valence-corrected chi connectivity index (χ1v) is 22.1. The van der Waals surface area contributed by atoms with Gasteiger partial charge in [-0.05, 0) is 93.0 Å². The number of nitrogens with zero attached hydrogens (tertiary/aromatic N) is 6. The zero-order valence-corrected chi connectivity index (χ0v) is 36.0. The van der Waals surface area contributed by atoms with E-state index in [1.54, 1.807) is 12.4 Å². The highest BCUT2D eigenvalue weighted by Gasteiger charge is 2.20. The average Bonchev–Trinajstić information content (AvgIpc) is 3.80. The van der Waals surface area contributed by atoms with Gasteiger partial charge >= 0.3 is 0 Å². The van der Waals surface area contributed by atoms with E-state index in [0.29, 0.717) is 17.2 Å². The van der Waals surface area contributed by atoms with E-state index >= 15 is 0 Å². The molecule has 0 atom stereocenters. The summed E-state index contributed by atoms with van der Waals surface area (Å²) in [5.74, 6) is 1.19. The molecule has 7 heteroatoms. The number of hydrogen-bond donors (Lipinski definition) is 0. The van der Waals surface area contributed by atoms with Gasteiger partial charge in [-0.2, -0.15) is 0 Å². The number of fused-ring (bicyclic) bond motifs is 3. The Morgan fingerprint density at radius 2 is 0.731 bits per heavy atom. The second-order valence-electron chi connectivity index (χ2n) is 16.4. The van der Waals surface area contributed by atoms with E-state index in [2.05, 4.69) is 174 Å². The molecule has 0 aliphatic carbocycles. The number of benzene rings is 7. The van der Waals surface area contributed by atoms with E-state index in [0.717, 1.165) is 106 Å². The van der Waals surface area contributed by atoms with Crippen molar-refractivity contribution < 1.29 is 4.42 Å². The molecule has 12 aromatic rings. The Labute approximate surface area is 386 Å². The van der Waals surface area contributed by atoms with Crippen LogP contribution in [0.1, 0.15) is 0 Å². The maximum Gasteiger partial charge on any atom is 0.180 e. The molecule has 0 aliphatic heterocycles. The lowest BCUT2D eigenvalue weighted by Gasteiger charge is -2.12. The molecule has 0 unspecified atom stereocenters. The molecule has 314 valence electrons. The SMILES string of the molecule is c1ccc(-c2cc(-c3ccccc3)cc(-c3nc(-c4ccc(-c5nc(-c6ccc(-c7cccnc7)cc6)cc(-c6ccc(-c7cccnc7)cc6)n5)cc4)nc4c3oc3ccccc34)c2)cc1. The van der Waals surface area contributed by atoms with Crippen molar-refractivity contribution in [2.24, 2.45) is 0 Å². The van der Waals surface area contributed by atoms with Crippen molar-refractivity contribution in [1.82, 2.24) is 29.9 Å². The summed E-state index contributed by atoms with van der Waals surface area (Å²) in [4.78, 5) is 29.5. The molecule has 5 aromatic heterocycles. The monoisotopic (exact) mass is 858 g/mol.